The van der Waals surface area contributed by atoms with Crippen LogP contribution < -0.4 is 10.2 Å². The number of rotatable bonds is 5. The summed E-state index contributed by atoms with van der Waals surface area (Å²) in [6, 6.07) is 18.9. The molecule has 10 heteroatoms. The molecule has 0 fully saturated rings. The standard InChI is InChI=1S/C21H19N3O6S/c25-21(23-26)30-20-18-9-5-4-6-15(18)12-13-24(20)31(27,28)17-10-11-19(22-14-17)29-16-7-2-1-3-8-16/h1-11,14,20,26H,12-13H2,(H,23,25)/t20-/m0/s1. The number of nitrogens with zero attached hydrogens (tertiary/aromatic N) is 2. The van der Waals surface area contributed by atoms with Crippen molar-refractivity contribution in [2.75, 3.05) is 6.54 Å². The molecule has 2 heterocycles. The number of benzene rings is 2. The number of fused-ring (bicyclic) bond motifs is 1. The summed E-state index contributed by atoms with van der Waals surface area (Å²) in [6.07, 6.45) is -0.760. The van der Waals surface area contributed by atoms with Crippen molar-refractivity contribution in [2.45, 2.75) is 17.5 Å². The molecule has 0 spiro atoms. The lowest BCUT2D eigenvalue weighted by atomic mass is 10.00. The van der Waals surface area contributed by atoms with E-state index in [1.807, 2.05) is 30.3 Å². The van der Waals surface area contributed by atoms with Crippen molar-refractivity contribution >= 4 is 16.1 Å². The number of carbonyl (C=O) groups excluding carboxylic acids is 1. The zero-order chi connectivity index (χ0) is 21.8. The summed E-state index contributed by atoms with van der Waals surface area (Å²) in [6.45, 7) is 0.0883. The number of ether oxygens (including phenoxy) is 2. The Morgan fingerprint density at radius 2 is 1.81 bits per heavy atom. The van der Waals surface area contributed by atoms with Crippen LogP contribution in [0.2, 0.25) is 0 Å². The second-order valence-electron chi connectivity index (χ2n) is 6.68. The van der Waals surface area contributed by atoms with Gasteiger partial charge in [-0.25, -0.2) is 23.7 Å². The lowest BCUT2D eigenvalue weighted by molar-refractivity contribution is 0.00235. The van der Waals surface area contributed by atoms with Crippen LogP contribution in [0.4, 0.5) is 4.79 Å². The van der Waals surface area contributed by atoms with Crippen molar-refractivity contribution in [1.29, 1.82) is 0 Å². The Morgan fingerprint density at radius 1 is 1.06 bits per heavy atom. The Labute approximate surface area is 178 Å². The van der Waals surface area contributed by atoms with E-state index in [4.69, 9.17) is 14.7 Å². The minimum absolute atomic E-state index is 0.0784. The molecule has 1 atom stereocenters. The molecule has 0 radical (unpaired) electrons. The van der Waals surface area contributed by atoms with Crippen LogP contribution in [0.25, 0.3) is 0 Å². The van der Waals surface area contributed by atoms with Gasteiger partial charge in [0.05, 0.1) is 6.20 Å². The molecular weight excluding hydrogens is 422 g/mol. The van der Waals surface area contributed by atoms with Crippen LogP contribution in [-0.4, -0.2) is 35.6 Å². The first kappa shape index (κ1) is 20.8. The Balaban J connectivity index is 1.62. The molecule has 31 heavy (non-hydrogen) atoms. The first-order chi connectivity index (χ1) is 15.0. The normalized spacial score (nSPS) is 16.2. The van der Waals surface area contributed by atoms with Crippen molar-refractivity contribution in [3.8, 4) is 11.6 Å². The van der Waals surface area contributed by atoms with Gasteiger partial charge in [0.15, 0.2) is 6.23 Å². The SMILES string of the molecule is O=C(NO)O[C@H]1c2ccccc2CCN1S(=O)(=O)c1ccc(Oc2ccccc2)nc1. The van der Waals surface area contributed by atoms with Gasteiger partial charge in [0.1, 0.15) is 10.6 Å². The monoisotopic (exact) mass is 441 g/mol. The highest BCUT2D eigenvalue weighted by atomic mass is 32.2. The van der Waals surface area contributed by atoms with Crippen LogP contribution in [0, 0.1) is 0 Å². The van der Waals surface area contributed by atoms with Gasteiger partial charge in [-0.1, -0.05) is 42.5 Å². The average Bonchev–Trinajstić information content (AvgIpc) is 2.80. The maximum Gasteiger partial charge on any atom is 0.432 e. The summed E-state index contributed by atoms with van der Waals surface area (Å²) in [5.74, 6) is 0.809. The predicted molar refractivity (Wildman–Crippen MR) is 109 cm³/mol. The van der Waals surface area contributed by atoms with E-state index in [0.717, 1.165) is 9.87 Å². The van der Waals surface area contributed by atoms with E-state index in [-0.39, 0.29) is 17.3 Å². The minimum Gasteiger partial charge on any atom is -0.439 e. The summed E-state index contributed by atoms with van der Waals surface area (Å²) in [5, 5.41) is 8.85. The first-order valence-corrected chi connectivity index (χ1v) is 10.8. The second-order valence-corrected chi connectivity index (χ2v) is 8.57. The molecule has 1 aromatic heterocycles. The average molecular weight is 441 g/mol. The quantitative estimate of drug-likeness (QED) is 0.461. The Bertz CT molecular complexity index is 1170. The van der Waals surface area contributed by atoms with E-state index in [0.29, 0.717) is 17.7 Å². The third kappa shape index (κ3) is 4.36. The summed E-state index contributed by atoms with van der Waals surface area (Å²) in [7, 11) is -4.07. The number of sulfonamides is 1. The third-order valence-corrected chi connectivity index (χ3v) is 6.60. The topological polar surface area (TPSA) is 118 Å². The largest absolute Gasteiger partial charge is 0.439 e. The Kier molecular flexibility index (Phi) is 5.85. The van der Waals surface area contributed by atoms with Crippen molar-refractivity contribution in [1.82, 2.24) is 14.8 Å². The summed E-state index contributed by atoms with van der Waals surface area (Å²) >= 11 is 0. The van der Waals surface area contributed by atoms with Crippen molar-refractivity contribution < 1.29 is 27.9 Å². The molecule has 0 aliphatic carbocycles. The Morgan fingerprint density at radius 3 is 2.52 bits per heavy atom. The van der Waals surface area contributed by atoms with Crippen LogP contribution in [0.15, 0.2) is 77.8 Å². The van der Waals surface area contributed by atoms with Gasteiger partial charge in [-0.2, -0.15) is 4.31 Å². The van der Waals surface area contributed by atoms with Gasteiger partial charge < -0.3 is 9.47 Å². The van der Waals surface area contributed by atoms with Crippen molar-refractivity contribution in [2.24, 2.45) is 0 Å². The van der Waals surface area contributed by atoms with Crippen LogP contribution in [0.5, 0.6) is 11.6 Å². The number of carbonyl (C=O) groups is 1. The lowest BCUT2D eigenvalue weighted by Gasteiger charge is -2.35. The van der Waals surface area contributed by atoms with E-state index in [1.165, 1.54) is 23.8 Å². The number of aromatic nitrogens is 1. The molecular formula is C21H19N3O6S. The van der Waals surface area contributed by atoms with Gasteiger partial charge in [0.2, 0.25) is 15.9 Å². The zero-order valence-electron chi connectivity index (χ0n) is 16.2. The molecule has 160 valence electrons. The number of hydrogen-bond acceptors (Lipinski definition) is 7. The molecule has 0 saturated heterocycles. The fourth-order valence-corrected chi connectivity index (χ4v) is 4.76. The maximum atomic E-state index is 13.3. The van der Waals surface area contributed by atoms with Crippen LogP contribution >= 0.6 is 0 Å². The van der Waals surface area contributed by atoms with Gasteiger partial charge in [-0.05, 0) is 30.2 Å². The molecule has 1 aliphatic heterocycles. The van der Waals surface area contributed by atoms with Crippen LogP contribution in [0.3, 0.4) is 0 Å². The van der Waals surface area contributed by atoms with E-state index in [1.54, 1.807) is 24.3 Å². The number of pyridine rings is 1. The highest BCUT2D eigenvalue weighted by Crippen LogP contribution is 2.35. The molecule has 0 saturated carbocycles. The van der Waals surface area contributed by atoms with E-state index < -0.39 is 22.3 Å². The zero-order valence-corrected chi connectivity index (χ0v) is 17.0. The van der Waals surface area contributed by atoms with Crippen molar-refractivity contribution in [3.63, 3.8) is 0 Å². The van der Waals surface area contributed by atoms with Crippen LogP contribution in [0.1, 0.15) is 17.4 Å². The highest BCUT2D eigenvalue weighted by molar-refractivity contribution is 7.89. The van der Waals surface area contributed by atoms with Crippen LogP contribution in [-0.2, 0) is 21.2 Å². The lowest BCUT2D eigenvalue weighted by Crippen LogP contribution is -2.43. The highest BCUT2D eigenvalue weighted by Gasteiger charge is 2.39. The summed E-state index contributed by atoms with van der Waals surface area (Å²) in [4.78, 5) is 15.7. The number of hydrogen-bond donors (Lipinski definition) is 2. The van der Waals surface area contributed by atoms with E-state index in [9.17, 15) is 13.2 Å². The molecule has 4 rings (SSSR count). The molecule has 0 bridgehead atoms. The summed E-state index contributed by atoms with van der Waals surface area (Å²) < 4.78 is 38.5. The molecule has 9 nitrogen and oxygen atoms in total. The predicted octanol–water partition coefficient (Wildman–Crippen LogP) is 3.23. The van der Waals surface area contributed by atoms with Gasteiger partial charge in [-0.15, -0.1) is 0 Å². The number of para-hydroxylation sites is 1. The molecule has 2 N–H and O–H groups in total. The molecule has 1 aliphatic rings. The number of amides is 1. The minimum atomic E-state index is -4.07. The number of hydroxylamine groups is 1. The van der Waals surface area contributed by atoms with E-state index >= 15 is 0 Å². The third-order valence-electron chi connectivity index (χ3n) is 4.78. The van der Waals surface area contributed by atoms with Gasteiger partial charge in [0, 0.05) is 18.2 Å². The molecule has 0 unspecified atom stereocenters. The molecule has 2 aromatic carbocycles. The fourth-order valence-electron chi connectivity index (χ4n) is 3.33. The van der Waals surface area contributed by atoms with Gasteiger partial charge >= 0.3 is 6.09 Å². The summed E-state index contributed by atoms with van der Waals surface area (Å²) in [5.41, 5.74) is 2.76. The molecule has 1 amide bonds. The van der Waals surface area contributed by atoms with Crippen molar-refractivity contribution in [3.05, 3.63) is 84.1 Å². The maximum absolute atomic E-state index is 13.3. The van der Waals surface area contributed by atoms with Gasteiger partial charge in [-0.3, -0.25) is 5.21 Å². The smallest absolute Gasteiger partial charge is 0.432 e. The number of nitrogens with one attached hydrogen (secondary N) is 1. The Hall–Kier alpha value is -3.47. The second kappa shape index (κ2) is 8.72. The fraction of sp³-hybridized carbons (Fsp3) is 0.143. The van der Waals surface area contributed by atoms with Gasteiger partial charge in [0.25, 0.3) is 0 Å². The molecule has 3 aromatic rings. The first-order valence-electron chi connectivity index (χ1n) is 9.38. The van der Waals surface area contributed by atoms with E-state index in [2.05, 4.69) is 4.98 Å².